The highest BCUT2D eigenvalue weighted by Crippen LogP contribution is 2.05. The predicted molar refractivity (Wildman–Crippen MR) is 66.9 cm³/mol. The lowest BCUT2D eigenvalue weighted by atomic mass is 10.2. The van der Waals surface area contributed by atoms with E-state index in [1.54, 1.807) is 0 Å². The maximum absolute atomic E-state index is 11.6. The zero-order chi connectivity index (χ0) is 13.0. The van der Waals surface area contributed by atoms with E-state index in [4.69, 9.17) is 0 Å². The van der Waals surface area contributed by atoms with Crippen molar-refractivity contribution in [2.24, 2.45) is 4.99 Å². The number of carbonyl (C=O) groups is 1. The van der Waals surface area contributed by atoms with Gasteiger partial charge in [-0.05, 0) is 12.5 Å². The Kier molecular flexibility index (Phi) is 3.61. The number of hydrogen-bond donors (Lipinski definition) is 3. The number of hydrogen-bond acceptors (Lipinski definition) is 6. The molecule has 1 aromatic rings. The second-order valence-electron chi connectivity index (χ2n) is 3.76. The van der Waals surface area contributed by atoms with Gasteiger partial charge in [-0.15, -0.1) is 0 Å². The summed E-state index contributed by atoms with van der Waals surface area (Å²) in [6, 6.07) is 1.43. The molecule has 7 heteroatoms. The molecule has 0 aromatic carbocycles. The molecule has 2 rings (SSSR count). The Labute approximate surface area is 103 Å². The molecular weight excluding hydrogens is 236 g/mol. The summed E-state index contributed by atoms with van der Waals surface area (Å²) in [5.74, 6) is 0.0293. The van der Waals surface area contributed by atoms with Crippen LogP contribution in [0.1, 0.15) is 16.8 Å². The molecule has 1 aromatic heterocycles. The molecule has 0 saturated carbocycles. The van der Waals surface area contributed by atoms with Crippen LogP contribution in [0.25, 0.3) is 0 Å². The highest BCUT2D eigenvalue weighted by molar-refractivity contribution is 5.95. The molecule has 3 N–H and O–H groups in total. The van der Waals surface area contributed by atoms with Crippen molar-refractivity contribution in [2.45, 2.75) is 6.42 Å². The molecule has 0 saturated heterocycles. The topological polar surface area (TPSA) is 95.6 Å². The van der Waals surface area contributed by atoms with Gasteiger partial charge in [-0.3, -0.25) is 9.79 Å². The maximum Gasteiger partial charge on any atom is 0.339 e. The van der Waals surface area contributed by atoms with Crippen molar-refractivity contribution in [3.63, 3.8) is 0 Å². The van der Waals surface area contributed by atoms with Gasteiger partial charge in [0.25, 0.3) is 5.56 Å². The van der Waals surface area contributed by atoms with E-state index in [0.29, 0.717) is 12.5 Å². The minimum atomic E-state index is -0.507. The summed E-state index contributed by atoms with van der Waals surface area (Å²) in [4.78, 5) is 29.6. The van der Waals surface area contributed by atoms with Gasteiger partial charge >= 0.3 is 5.97 Å². The van der Waals surface area contributed by atoms with Gasteiger partial charge in [-0.25, -0.2) is 4.79 Å². The van der Waals surface area contributed by atoms with Crippen molar-refractivity contribution >= 4 is 17.6 Å². The summed E-state index contributed by atoms with van der Waals surface area (Å²) in [5.41, 5.74) is 0.208. The quantitative estimate of drug-likeness (QED) is 0.638. The molecule has 0 radical (unpaired) electrons. The number of guanidine groups is 1. The third-order valence-corrected chi connectivity index (χ3v) is 2.47. The Bertz CT molecular complexity index is 535. The van der Waals surface area contributed by atoms with Gasteiger partial charge in [0.1, 0.15) is 5.69 Å². The second-order valence-corrected chi connectivity index (χ2v) is 3.76. The molecule has 18 heavy (non-hydrogen) atoms. The fraction of sp³-hybridized carbons (Fsp3) is 0.364. The number of ether oxygens (including phenoxy) is 1. The van der Waals surface area contributed by atoms with E-state index in [9.17, 15) is 9.59 Å². The molecule has 2 heterocycles. The van der Waals surface area contributed by atoms with Crippen LogP contribution in [0.5, 0.6) is 0 Å². The van der Waals surface area contributed by atoms with Gasteiger partial charge in [0.05, 0.1) is 12.7 Å². The van der Waals surface area contributed by atoms with E-state index in [-0.39, 0.29) is 16.8 Å². The first-order chi connectivity index (χ1) is 8.70. The van der Waals surface area contributed by atoms with Crippen LogP contribution in [-0.2, 0) is 4.74 Å². The molecule has 0 spiro atoms. The molecule has 0 fully saturated rings. The number of nitrogens with zero attached hydrogens (tertiary/aromatic N) is 1. The monoisotopic (exact) mass is 250 g/mol. The third-order valence-electron chi connectivity index (χ3n) is 2.47. The molecule has 1 aliphatic heterocycles. The summed E-state index contributed by atoms with van der Waals surface area (Å²) in [7, 11) is 1.29. The Morgan fingerprint density at radius 1 is 1.56 bits per heavy atom. The molecule has 0 aliphatic carbocycles. The van der Waals surface area contributed by atoms with Crippen molar-refractivity contribution in [1.82, 2.24) is 10.3 Å². The Hall–Kier alpha value is -2.31. The van der Waals surface area contributed by atoms with Crippen LogP contribution in [0.4, 0.5) is 5.69 Å². The van der Waals surface area contributed by atoms with Crippen molar-refractivity contribution in [1.29, 1.82) is 0 Å². The number of anilines is 1. The van der Waals surface area contributed by atoms with Crippen LogP contribution in [0.3, 0.4) is 0 Å². The molecule has 0 unspecified atom stereocenters. The summed E-state index contributed by atoms with van der Waals surface area (Å²) < 4.78 is 4.59. The molecule has 0 amide bonds. The van der Waals surface area contributed by atoms with Gasteiger partial charge in [0.2, 0.25) is 0 Å². The number of H-pyrrole nitrogens is 1. The van der Waals surface area contributed by atoms with E-state index < -0.39 is 5.97 Å². The number of aliphatic imine (C=N–C) groups is 1. The van der Waals surface area contributed by atoms with Gasteiger partial charge in [-0.1, -0.05) is 0 Å². The SMILES string of the molecule is COC(=O)c1c[nH]c(=O)c(NC2=NCCCN2)c1. The number of methoxy groups -OCH3 is 1. The minimum Gasteiger partial charge on any atom is -0.465 e. The zero-order valence-electron chi connectivity index (χ0n) is 9.95. The number of esters is 1. The van der Waals surface area contributed by atoms with Crippen molar-refractivity contribution < 1.29 is 9.53 Å². The molecule has 0 bridgehead atoms. The first kappa shape index (κ1) is 12.2. The fourth-order valence-electron chi connectivity index (χ4n) is 1.56. The number of rotatable bonds is 2. The van der Waals surface area contributed by atoms with Crippen LogP contribution in [0, 0.1) is 0 Å². The lowest BCUT2D eigenvalue weighted by molar-refractivity contribution is 0.0600. The zero-order valence-corrected chi connectivity index (χ0v) is 9.95. The Morgan fingerprint density at radius 2 is 2.39 bits per heavy atom. The summed E-state index contributed by atoms with van der Waals surface area (Å²) in [6.45, 7) is 1.52. The van der Waals surface area contributed by atoms with E-state index >= 15 is 0 Å². The second kappa shape index (κ2) is 5.35. The van der Waals surface area contributed by atoms with E-state index in [0.717, 1.165) is 13.0 Å². The van der Waals surface area contributed by atoms with E-state index in [1.807, 2.05) is 0 Å². The van der Waals surface area contributed by atoms with Crippen molar-refractivity contribution in [3.05, 3.63) is 28.2 Å². The number of aromatic amines is 1. The van der Waals surface area contributed by atoms with Crippen LogP contribution in [-0.4, -0.2) is 37.1 Å². The number of pyridine rings is 1. The van der Waals surface area contributed by atoms with Gasteiger partial charge in [0.15, 0.2) is 5.96 Å². The maximum atomic E-state index is 11.6. The smallest absolute Gasteiger partial charge is 0.339 e. The molecule has 1 aliphatic rings. The van der Waals surface area contributed by atoms with E-state index in [2.05, 4.69) is 25.3 Å². The highest BCUT2D eigenvalue weighted by atomic mass is 16.5. The summed E-state index contributed by atoms with van der Waals surface area (Å²) in [6.07, 6.45) is 2.28. The third kappa shape index (κ3) is 2.68. The predicted octanol–water partition coefficient (Wildman–Crippen LogP) is -0.0773. The van der Waals surface area contributed by atoms with E-state index in [1.165, 1.54) is 19.4 Å². The lowest BCUT2D eigenvalue weighted by Gasteiger charge is -2.15. The van der Waals surface area contributed by atoms with Crippen LogP contribution >= 0.6 is 0 Å². The number of carbonyl (C=O) groups excluding carboxylic acids is 1. The number of nitrogens with one attached hydrogen (secondary N) is 3. The largest absolute Gasteiger partial charge is 0.465 e. The molecular formula is C11H14N4O3. The van der Waals surface area contributed by atoms with Gasteiger partial charge in [-0.2, -0.15) is 0 Å². The Morgan fingerprint density at radius 3 is 3.06 bits per heavy atom. The van der Waals surface area contributed by atoms with Crippen LogP contribution < -0.4 is 16.2 Å². The average Bonchev–Trinajstić information content (AvgIpc) is 2.41. The highest BCUT2D eigenvalue weighted by Gasteiger charge is 2.11. The van der Waals surface area contributed by atoms with Crippen molar-refractivity contribution in [2.75, 3.05) is 25.5 Å². The number of aromatic nitrogens is 1. The minimum absolute atomic E-state index is 0.256. The molecule has 96 valence electrons. The van der Waals surface area contributed by atoms with Crippen molar-refractivity contribution in [3.8, 4) is 0 Å². The summed E-state index contributed by atoms with van der Waals surface area (Å²) in [5, 5.41) is 5.88. The fourth-order valence-corrected chi connectivity index (χ4v) is 1.56. The average molecular weight is 250 g/mol. The van der Waals surface area contributed by atoms with Crippen LogP contribution in [0.15, 0.2) is 22.1 Å². The first-order valence-electron chi connectivity index (χ1n) is 5.57. The van der Waals surface area contributed by atoms with Gasteiger partial charge in [0, 0.05) is 19.3 Å². The standard InChI is InChI=1S/C11H14N4O3/c1-18-10(17)7-5-8(9(16)14-6-7)15-11-12-3-2-4-13-11/h5-6H,2-4H2,1H3,(H,14,16)(H2,12,13,15). The summed E-state index contributed by atoms with van der Waals surface area (Å²) >= 11 is 0. The molecule has 0 atom stereocenters. The lowest BCUT2D eigenvalue weighted by Crippen LogP contribution is -2.36. The molecule has 7 nitrogen and oxygen atoms in total. The van der Waals surface area contributed by atoms with Crippen LogP contribution in [0.2, 0.25) is 0 Å². The normalized spacial score (nSPS) is 14.4. The van der Waals surface area contributed by atoms with Gasteiger partial charge < -0.3 is 20.4 Å². The first-order valence-corrected chi connectivity index (χ1v) is 5.57. The Balaban J connectivity index is 2.23.